The molecule has 0 aliphatic carbocycles. The first-order valence-electron chi connectivity index (χ1n) is 6.91. The summed E-state index contributed by atoms with van der Waals surface area (Å²) >= 11 is 0. The van der Waals surface area contributed by atoms with Gasteiger partial charge in [0.1, 0.15) is 12.1 Å². The fourth-order valence-corrected chi connectivity index (χ4v) is 2.08. The van der Waals surface area contributed by atoms with Gasteiger partial charge in [-0.25, -0.2) is 4.39 Å². The number of anilines is 1. The molecule has 4 nitrogen and oxygen atoms in total. The first-order chi connectivity index (χ1) is 10.6. The van der Waals surface area contributed by atoms with E-state index in [0.717, 1.165) is 28.7 Å². The topological polar surface area (TPSA) is 58.2 Å². The quantitative estimate of drug-likeness (QED) is 0.856. The number of hydrogen-bond donors (Lipinski definition) is 2. The highest BCUT2D eigenvalue weighted by Gasteiger charge is 2.17. The number of nitrogens with one attached hydrogen (secondary N) is 2. The van der Waals surface area contributed by atoms with E-state index >= 15 is 0 Å². The molecular formula is C17H17FN2O2. The van der Waals surface area contributed by atoms with Crippen LogP contribution in [0.1, 0.15) is 21.5 Å². The van der Waals surface area contributed by atoms with Crippen LogP contribution in [0.5, 0.6) is 0 Å². The van der Waals surface area contributed by atoms with Gasteiger partial charge in [0.05, 0.1) is 0 Å². The molecule has 0 saturated carbocycles. The molecule has 22 heavy (non-hydrogen) atoms. The van der Waals surface area contributed by atoms with E-state index in [1.54, 1.807) is 12.1 Å². The first kappa shape index (κ1) is 15.7. The van der Waals surface area contributed by atoms with Crippen LogP contribution >= 0.6 is 0 Å². The van der Waals surface area contributed by atoms with Crippen LogP contribution < -0.4 is 10.6 Å². The Hall–Kier alpha value is -2.69. The van der Waals surface area contributed by atoms with Crippen molar-refractivity contribution in [3.63, 3.8) is 0 Å². The van der Waals surface area contributed by atoms with Gasteiger partial charge in [-0.2, -0.15) is 0 Å². The molecule has 0 unspecified atom stereocenters. The predicted molar refractivity (Wildman–Crippen MR) is 83.3 cm³/mol. The van der Waals surface area contributed by atoms with E-state index in [-0.39, 0.29) is 11.7 Å². The molecular weight excluding hydrogens is 283 g/mol. The monoisotopic (exact) mass is 300 g/mol. The number of halogens is 1. The summed E-state index contributed by atoms with van der Waals surface area (Å²) < 4.78 is 12.2. The normalized spacial score (nSPS) is 11.8. The largest absolute Gasteiger partial charge is 0.388 e. The minimum atomic E-state index is -0.269. The van der Waals surface area contributed by atoms with E-state index in [1.165, 1.54) is 12.1 Å². The zero-order valence-corrected chi connectivity index (χ0v) is 12.2. The first-order valence-corrected chi connectivity index (χ1v) is 6.91. The van der Waals surface area contributed by atoms with Crippen molar-refractivity contribution in [3.05, 3.63) is 65.0 Å². The number of amides is 1. The Kier molecular flexibility index (Phi) is 5.25. The lowest BCUT2D eigenvalue weighted by Crippen LogP contribution is -2.12. The number of aldehydes is 1. The summed E-state index contributed by atoms with van der Waals surface area (Å²) in [5.41, 5.74) is 3.70. The molecule has 1 aliphatic rings. The molecule has 3 rings (SSSR count). The summed E-state index contributed by atoms with van der Waals surface area (Å²) in [5, 5.41) is 5.77. The third kappa shape index (κ3) is 3.91. The molecule has 1 aliphatic heterocycles. The van der Waals surface area contributed by atoms with Crippen molar-refractivity contribution in [3.8, 4) is 0 Å². The van der Waals surface area contributed by atoms with Crippen molar-refractivity contribution in [2.24, 2.45) is 0 Å². The molecule has 2 N–H and O–H groups in total. The third-order valence-corrected chi connectivity index (χ3v) is 3.31. The van der Waals surface area contributed by atoms with Crippen LogP contribution in [0.3, 0.4) is 0 Å². The van der Waals surface area contributed by atoms with Gasteiger partial charge in [-0.3, -0.25) is 4.79 Å². The van der Waals surface area contributed by atoms with Gasteiger partial charge < -0.3 is 15.4 Å². The van der Waals surface area contributed by atoms with Gasteiger partial charge in [-0.1, -0.05) is 18.2 Å². The van der Waals surface area contributed by atoms with Crippen LogP contribution in [0, 0.1) is 5.82 Å². The molecule has 0 saturated heterocycles. The highest BCUT2D eigenvalue weighted by atomic mass is 19.1. The van der Waals surface area contributed by atoms with Crippen molar-refractivity contribution < 1.29 is 14.0 Å². The van der Waals surface area contributed by atoms with E-state index in [9.17, 15) is 14.0 Å². The predicted octanol–water partition coefficient (Wildman–Crippen LogP) is 2.54. The fraction of sp³-hybridized carbons (Fsp3) is 0.176. The molecule has 0 spiro atoms. The lowest BCUT2D eigenvalue weighted by Gasteiger charge is -2.00. The summed E-state index contributed by atoms with van der Waals surface area (Å²) in [5.74, 6) is -0.239. The smallest absolute Gasteiger partial charge is 0.251 e. The lowest BCUT2D eigenvalue weighted by molar-refractivity contribution is -0.107. The summed E-state index contributed by atoms with van der Waals surface area (Å²) in [6, 6.07) is 11.7. The zero-order valence-electron chi connectivity index (χ0n) is 12.2. The standard InChI is InChI=1S/C9H10N2O.C8H7FO/c1-10-7-3-2-6-5-11-9(12)8(6)4-7;9-8-3-1-7(2-4-8)5-6-10/h2-4,10H,5H2,1H3,(H,11,12);1-4,6H,5H2. The minimum absolute atomic E-state index is 0.0297. The summed E-state index contributed by atoms with van der Waals surface area (Å²) in [7, 11) is 1.84. The molecule has 2 aromatic rings. The molecule has 1 heterocycles. The highest BCUT2D eigenvalue weighted by molar-refractivity contribution is 5.99. The number of carbonyl (C=O) groups is 2. The van der Waals surface area contributed by atoms with Gasteiger partial charge in [-0.15, -0.1) is 0 Å². The second kappa shape index (κ2) is 7.36. The Balaban J connectivity index is 0.000000164. The SMILES string of the molecule is CNc1ccc2c(c1)C(=O)NC2.O=CCc1ccc(F)cc1. The van der Waals surface area contributed by atoms with Crippen molar-refractivity contribution in [2.45, 2.75) is 13.0 Å². The van der Waals surface area contributed by atoms with Crippen molar-refractivity contribution in [1.29, 1.82) is 0 Å². The molecule has 2 aromatic carbocycles. The van der Waals surface area contributed by atoms with Crippen LogP contribution in [-0.2, 0) is 17.8 Å². The van der Waals surface area contributed by atoms with Gasteiger partial charge in [0.25, 0.3) is 5.91 Å². The Morgan fingerprint density at radius 3 is 2.59 bits per heavy atom. The molecule has 5 heteroatoms. The lowest BCUT2D eigenvalue weighted by atomic mass is 10.1. The molecule has 0 fully saturated rings. The number of benzene rings is 2. The molecule has 114 valence electrons. The van der Waals surface area contributed by atoms with Gasteiger partial charge in [0.15, 0.2) is 0 Å². The fourth-order valence-electron chi connectivity index (χ4n) is 2.08. The summed E-state index contributed by atoms with van der Waals surface area (Å²) in [6.45, 7) is 0.665. The highest BCUT2D eigenvalue weighted by Crippen LogP contribution is 2.19. The van der Waals surface area contributed by atoms with Crippen LogP contribution in [0.4, 0.5) is 10.1 Å². The minimum Gasteiger partial charge on any atom is -0.388 e. The van der Waals surface area contributed by atoms with Crippen LogP contribution in [-0.4, -0.2) is 19.2 Å². The third-order valence-electron chi connectivity index (χ3n) is 3.31. The van der Waals surface area contributed by atoms with Gasteiger partial charge in [-0.05, 0) is 35.4 Å². The average molecular weight is 300 g/mol. The molecule has 0 atom stereocenters. The van der Waals surface area contributed by atoms with E-state index in [2.05, 4.69) is 10.6 Å². The molecule has 0 radical (unpaired) electrons. The van der Waals surface area contributed by atoms with Crippen molar-refractivity contribution in [1.82, 2.24) is 5.32 Å². The second-order valence-electron chi connectivity index (χ2n) is 4.80. The van der Waals surface area contributed by atoms with Crippen LogP contribution in [0.2, 0.25) is 0 Å². The van der Waals surface area contributed by atoms with Gasteiger partial charge in [0, 0.05) is 31.3 Å². The van der Waals surface area contributed by atoms with Crippen molar-refractivity contribution >= 4 is 17.9 Å². The maximum absolute atomic E-state index is 12.2. The van der Waals surface area contributed by atoms with Crippen LogP contribution in [0.25, 0.3) is 0 Å². The average Bonchev–Trinajstić information content (AvgIpc) is 2.91. The zero-order chi connectivity index (χ0) is 15.9. The van der Waals surface area contributed by atoms with E-state index < -0.39 is 0 Å². The summed E-state index contributed by atoms with van der Waals surface area (Å²) in [6.07, 6.45) is 1.16. The molecule has 0 aromatic heterocycles. The van der Waals surface area contributed by atoms with Crippen molar-refractivity contribution in [2.75, 3.05) is 12.4 Å². The Labute approximate surface area is 128 Å². The van der Waals surface area contributed by atoms with E-state index in [1.807, 2.05) is 25.2 Å². The molecule has 1 amide bonds. The number of hydrogen-bond acceptors (Lipinski definition) is 3. The van der Waals surface area contributed by atoms with Crippen LogP contribution in [0.15, 0.2) is 42.5 Å². The Morgan fingerprint density at radius 1 is 1.23 bits per heavy atom. The maximum atomic E-state index is 12.2. The van der Waals surface area contributed by atoms with Gasteiger partial charge >= 0.3 is 0 Å². The molecule has 0 bridgehead atoms. The Bertz CT molecular complexity index is 669. The van der Waals surface area contributed by atoms with E-state index in [0.29, 0.717) is 13.0 Å². The van der Waals surface area contributed by atoms with E-state index in [4.69, 9.17) is 0 Å². The van der Waals surface area contributed by atoms with Gasteiger partial charge in [0.2, 0.25) is 0 Å². The second-order valence-corrected chi connectivity index (χ2v) is 4.80. The number of carbonyl (C=O) groups excluding carboxylic acids is 2. The Morgan fingerprint density at radius 2 is 1.95 bits per heavy atom. The summed E-state index contributed by atoms with van der Waals surface area (Å²) in [4.78, 5) is 21.2. The number of rotatable bonds is 3. The maximum Gasteiger partial charge on any atom is 0.251 e. The number of fused-ring (bicyclic) bond motifs is 1.